The van der Waals surface area contributed by atoms with Gasteiger partial charge in [-0.1, -0.05) is 77.2 Å². The lowest BCUT2D eigenvalue weighted by atomic mass is 10.0. The maximum absolute atomic E-state index is 9.26. The van der Waals surface area contributed by atoms with E-state index < -0.39 is 0 Å². The molecular formula is C15H30O. The van der Waals surface area contributed by atoms with Crippen molar-refractivity contribution in [2.45, 2.75) is 83.7 Å². The molecule has 0 aliphatic heterocycles. The summed E-state index contributed by atoms with van der Waals surface area (Å²) in [6.45, 7) is 5.84. The minimum Gasteiger partial charge on any atom is -0.389 e. The molecule has 0 fully saturated rings. The van der Waals surface area contributed by atoms with Crippen LogP contribution >= 0.6 is 0 Å². The molecule has 0 spiro atoms. The molecule has 0 saturated heterocycles. The van der Waals surface area contributed by atoms with Gasteiger partial charge in [0.05, 0.1) is 6.10 Å². The first kappa shape index (κ1) is 15.7. The highest BCUT2D eigenvalue weighted by Gasteiger charge is 1.97. The molecule has 0 radical (unpaired) electrons. The summed E-state index contributed by atoms with van der Waals surface area (Å²) in [6.07, 6.45) is 15.7. The number of rotatable bonds is 12. The average Bonchev–Trinajstić information content (AvgIpc) is 2.31. The zero-order valence-corrected chi connectivity index (χ0v) is 11.1. The van der Waals surface area contributed by atoms with E-state index >= 15 is 0 Å². The number of hydrogen-bond acceptors (Lipinski definition) is 1. The first-order chi connectivity index (χ1) is 7.81. The van der Waals surface area contributed by atoms with Gasteiger partial charge in [0.15, 0.2) is 0 Å². The molecule has 96 valence electrons. The van der Waals surface area contributed by atoms with Crippen molar-refractivity contribution in [2.24, 2.45) is 0 Å². The fourth-order valence-corrected chi connectivity index (χ4v) is 1.96. The summed E-state index contributed by atoms with van der Waals surface area (Å²) in [4.78, 5) is 0. The molecule has 0 aromatic heterocycles. The summed E-state index contributed by atoms with van der Waals surface area (Å²) >= 11 is 0. The van der Waals surface area contributed by atoms with Crippen LogP contribution in [-0.4, -0.2) is 11.2 Å². The molecule has 0 aromatic carbocycles. The van der Waals surface area contributed by atoms with Crippen LogP contribution in [0.4, 0.5) is 0 Å². The van der Waals surface area contributed by atoms with E-state index in [1.807, 2.05) is 0 Å². The smallest absolute Gasteiger partial charge is 0.0718 e. The highest BCUT2D eigenvalue weighted by Crippen LogP contribution is 2.11. The standard InChI is InChI=1S/C15H30O/c1-3-5-6-7-8-9-10-11-12-13-14-15(16)4-2/h4,15-16H,2-3,5-14H2,1H3. The van der Waals surface area contributed by atoms with Crippen molar-refractivity contribution >= 4 is 0 Å². The number of aliphatic hydroxyl groups excluding tert-OH is 1. The Labute approximate surface area is 102 Å². The molecule has 0 bridgehead atoms. The van der Waals surface area contributed by atoms with E-state index in [1.54, 1.807) is 6.08 Å². The Morgan fingerprint density at radius 1 is 0.875 bits per heavy atom. The van der Waals surface area contributed by atoms with Gasteiger partial charge in [0.25, 0.3) is 0 Å². The predicted molar refractivity (Wildman–Crippen MR) is 72.7 cm³/mol. The normalized spacial score (nSPS) is 12.6. The number of hydrogen-bond donors (Lipinski definition) is 1. The van der Waals surface area contributed by atoms with Crippen molar-refractivity contribution in [3.8, 4) is 0 Å². The van der Waals surface area contributed by atoms with Gasteiger partial charge >= 0.3 is 0 Å². The van der Waals surface area contributed by atoms with E-state index in [0.717, 1.165) is 12.8 Å². The molecule has 1 atom stereocenters. The van der Waals surface area contributed by atoms with Gasteiger partial charge in [-0.05, 0) is 6.42 Å². The molecule has 0 heterocycles. The van der Waals surface area contributed by atoms with E-state index in [0.29, 0.717) is 0 Å². The van der Waals surface area contributed by atoms with Crippen LogP contribution in [0.2, 0.25) is 0 Å². The zero-order chi connectivity index (χ0) is 12.1. The third-order valence-electron chi connectivity index (χ3n) is 3.13. The van der Waals surface area contributed by atoms with E-state index in [9.17, 15) is 5.11 Å². The maximum Gasteiger partial charge on any atom is 0.0718 e. The monoisotopic (exact) mass is 226 g/mol. The van der Waals surface area contributed by atoms with Crippen LogP contribution in [0.1, 0.15) is 77.6 Å². The third-order valence-corrected chi connectivity index (χ3v) is 3.13. The zero-order valence-electron chi connectivity index (χ0n) is 11.1. The minimum absolute atomic E-state index is 0.283. The van der Waals surface area contributed by atoms with Crippen molar-refractivity contribution in [2.75, 3.05) is 0 Å². The Balaban J connectivity index is 2.96. The Bertz CT molecular complexity index is 142. The lowest BCUT2D eigenvalue weighted by molar-refractivity contribution is 0.208. The largest absolute Gasteiger partial charge is 0.389 e. The second-order valence-corrected chi connectivity index (χ2v) is 4.77. The van der Waals surface area contributed by atoms with Gasteiger partial charge in [0.1, 0.15) is 0 Å². The molecular weight excluding hydrogens is 196 g/mol. The van der Waals surface area contributed by atoms with E-state index in [1.165, 1.54) is 57.8 Å². The van der Waals surface area contributed by atoms with Gasteiger partial charge in [-0.2, -0.15) is 0 Å². The van der Waals surface area contributed by atoms with Gasteiger partial charge in [0, 0.05) is 0 Å². The fraction of sp³-hybridized carbons (Fsp3) is 0.867. The first-order valence-corrected chi connectivity index (χ1v) is 7.12. The molecule has 0 amide bonds. The minimum atomic E-state index is -0.283. The van der Waals surface area contributed by atoms with Crippen molar-refractivity contribution in [1.29, 1.82) is 0 Å². The van der Waals surface area contributed by atoms with E-state index in [4.69, 9.17) is 0 Å². The van der Waals surface area contributed by atoms with Crippen molar-refractivity contribution in [3.63, 3.8) is 0 Å². The molecule has 1 unspecified atom stereocenters. The summed E-state index contributed by atoms with van der Waals surface area (Å²) < 4.78 is 0. The Kier molecular flexibility index (Phi) is 12.5. The fourth-order valence-electron chi connectivity index (χ4n) is 1.96. The molecule has 0 aliphatic rings. The third kappa shape index (κ3) is 11.8. The van der Waals surface area contributed by atoms with E-state index in [2.05, 4.69) is 13.5 Å². The van der Waals surface area contributed by atoms with Crippen molar-refractivity contribution in [3.05, 3.63) is 12.7 Å². The van der Waals surface area contributed by atoms with Crippen molar-refractivity contribution in [1.82, 2.24) is 0 Å². The van der Waals surface area contributed by atoms with Crippen LogP contribution in [0.5, 0.6) is 0 Å². The molecule has 0 saturated carbocycles. The molecule has 0 aromatic rings. The van der Waals surface area contributed by atoms with Crippen LogP contribution in [0.15, 0.2) is 12.7 Å². The van der Waals surface area contributed by atoms with Gasteiger partial charge in [0.2, 0.25) is 0 Å². The number of aliphatic hydroxyl groups is 1. The Morgan fingerprint density at radius 3 is 1.75 bits per heavy atom. The summed E-state index contributed by atoms with van der Waals surface area (Å²) in [5.74, 6) is 0. The molecule has 1 N–H and O–H groups in total. The lowest BCUT2D eigenvalue weighted by Crippen LogP contribution is -2.00. The van der Waals surface area contributed by atoms with Gasteiger partial charge in [-0.25, -0.2) is 0 Å². The highest BCUT2D eigenvalue weighted by atomic mass is 16.3. The highest BCUT2D eigenvalue weighted by molar-refractivity contribution is 4.77. The lowest BCUT2D eigenvalue weighted by Gasteiger charge is -2.04. The molecule has 0 rings (SSSR count). The van der Waals surface area contributed by atoms with Crippen molar-refractivity contribution < 1.29 is 5.11 Å². The second-order valence-electron chi connectivity index (χ2n) is 4.77. The molecule has 1 nitrogen and oxygen atoms in total. The van der Waals surface area contributed by atoms with Gasteiger partial charge in [-0.15, -0.1) is 6.58 Å². The number of unbranched alkanes of at least 4 members (excludes halogenated alkanes) is 9. The average molecular weight is 226 g/mol. The molecule has 1 heteroatoms. The summed E-state index contributed by atoms with van der Waals surface area (Å²) in [7, 11) is 0. The molecule has 0 aliphatic carbocycles. The Morgan fingerprint density at radius 2 is 1.31 bits per heavy atom. The topological polar surface area (TPSA) is 20.2 Å². The van der Waals surface area contributed by atoms with E-state index in [-0.39, 0.29) is 6.10 Å². The van der Waals surface area contributed by atoms with Gasteiger partial charge in [-0.3, -0.25) is 0 Å². The van der Waals surface area contributed by atoms with Crippen LogP contribution in [-0.2, 0) is 0 Å². The maximum atomic E-state index is 9.26. The summed E-state index contributed by atoms with van der Waals surface area (Å²) in [5, 5.41) is 9.26. The van der Waals surface area contributed by atoms with Crippen LogP contribution in [0.25, 0.3) is 0 Å². The predicted octanol–water partition coefficient (Wildman–Crippen LogP) is 4.84. The summed E-state index contributed by atoms with van der Waals surface area (Å²) in [6, 6.07) is 0. The van der Waals surface area contributed by atoms with Gasteiger partial charge < -0.3 is 5.11 Å². The van der Waals surface area contributed by atoms with Crippen LogP contribution in [0.3, 0.4) is 0 Å². The van der Waals surface area contributed by atoms with Crippen LogP contribution < -0.4 is 0 Å². The molecule has 16 heavy (non-hydrogen) atoms. The SMILES string of the molecule is C=CC(O)CCCCCCCCCCCC. The Hall–Kier alpha value is -0.300. The first-order valence-electron chi connectivity index (χ1n) is 7.12. The van der Waals surface area contributed by atoms with Crippen LogP contribution in [0, 0.1) is 0 Å². The summed E-state index contributed by atoms with van der Waals surface area (Å²) in [5.41, 5.74) is 0. The second kappa shape index (κ2) is 12.8. The quantitative estimate of drug-likeness (QED) is 0.373.